The van der Waals surface area contributed by atoms with Gasteiger partial charge in [0.25, 0.3) is 0 Å². The van der Waals surface area contributed by atoms with Crippen molar-refractivity contribution in [3.05, 3.63) is 0 Å². The van der Waals surface area contributed by atoms with E-state index in [1.54, 1.807) is 0 Å². The number of amides is 2. The van der Waals surface area contributed by atoms with E-state index < -0.39 is 5.54 Å². The summed E-state index contributed by atoms with van der Waals surface area (Å²) in [4.78, 5) is 26.9. The van der Waals surface area contributed by atoms with E-state index in [4.69, 9.17) is 0 Å². The highest BCUT2D eigenvalue weighted by Gasteiger charge is 2.47. The quantitative estimate of drug-likeness (QED) is 0.833. The van der Waals surface area contributed by atoms with Gasteiger partial charge in [-0.2, -0.15) is 0 Å². The van der Waals surface area contributed by atoms with Gasteiger partial charge in [-0.1, -0.05) is 26.2 Å². The predicted molar refractivity (Wildman–Crippen MR) is 74.7 cm³/mol. The standard InChI is InChI=1S/C15H26N2O2/c1-4-14(2,3)17-11-8-12(18)16-15(13(17)19)9-6-5-7-10-15/h4-11H2,1-3H3,(H,16,18). The summed E-state index contributed by atoms with van der Waals surface area (Å²) in [6.07, 6.45) is 6.17. The first-order valence-corrected chi connectivity index (χ1v) is 7.54. The van der Waals surface area contributed by atoms with Gasteiger partial charge in [-0.3, -0.25) is 9.59 Å². The highest BCUT2D eigenvalue weighted by atomic mass is 16.2. The first kappa shape index (κ1) is 14.4. The third-order valence-electron chi connectivity index (χ3n) is 4.90. The molecule has 1 saturated heterocycles. The molecule has 0 bridgehead atoms. The fourth-order valence-electron chi connectivity index (χ4n) is 3.22. The summed E-state index contributed by atoms with van der Waals surface area (Å²) in [6, 6.07) is 0. The van der Waals surface area contributed by atoms with Gasteiger partial charge in [0.15, 0.2) is 0 Å². The summed E-state index contributed by atoms with van der Waals surface area (Å²) in [5.74, 6) is 0.176. The van der Waals surface area contributed by atoms with Gasteiger partial charge in [-0.05, 0) is 33.1 Å². The molecule has 2 rings (SSSR count). The fraction of sp³-hybridized carbons (Fsp3) is 0.867. The van der Waals surface area contributed by atoms with Crippen LogP contribution in [0, 0.1) is 0 Å². The van der Waals surface area contributed by atoms with Crippen LogP contribution in [-0.4, -0.2) is 34.3 Å². The lowest BCUT2D eigenvalue weighted by molar-refractivity contribution is -0.145. The molecule has 2 aliphatic rings. The number of hydrogen-bond acceptors (Lipinski definition) is 2. The van der Waals surface area contributed by atoms with Crippen molar-refractivity contribution in [1.29, 1.82) is 0 Å². The van der Waals surface area contributed by atoms with Crippen LogP contribution in [0.25, 0.3) is 0 Å². The molecule has 1 heterocycles. The molecule has 0 aromatic rings. The highest BCUT2D eigenvalue weighted by Crippen LogP contribution is 2.34. The van der Waals surface area contributed by atoms with E-state index in [1.807, 2.05) is 4.90 Å². The minimum Gasteiger partial charge on any atom is -0.342 e. The highest BCUT2D eigenvalue weighted by molar-refractivity contribution is 5.94. The van der Waals surface area contributed by atoms with Gasteiger partial charge in [0.1, 0.15) is 5.54 Å². The fourth-order valence-corrected chi connectivity index (χ4v) is 3.22. The summed E-state index contributed by atoms with van der Waals surface area (Å²) in [7, 11) is 0. The van der Waals surface area contributed by atoms with E-state index in [1.165, 1.54) is 6.42 Å². The maximum absolute atomic E-state index is 13.0. The number of nitrogens with one attached hydrogen (secondary N) is 1. The van der Waals surface area contributed by atoms with Crippen LogP contribution < -0.4 is 5.32 Å². The molecule has 0 radical (unpaired) electrons. The number of hydrogen-bond donors (Lipinski definition) is 1. The minimum atomic E-state index is -0.613. The lowest BCUT2D eigenvalue weighted by Gasteiger charge is -2.44. The Labute approximate surface area is 115 Å². The Morgan fingerprint density at radius 3 is 2.42 bits per heavy atom. The van der Waals surface area contributed by atoms with Gasteiger partial charge >= 0.3 is 0 Å². The van der Waals surface area contributed by atoms with Crippen LogP contribution in [0.1, 0.15) is 65.7 Å². The molecule has 108 valence electrons. The molecular weight excluding hydrogens is 240 g/mol. The predicted octanol–water partition coefficient (Wildman–Crippen LogP) is 2.23. The van der Waals surface area contributed by atoms with Crippen molar-refractivity contribution in [2.24, 2.45) is 0 Å². The number of rotatable bonds is 2. The zero-order chi connectivity index (χ0) is 14.1. The van der Waals surface area contributed by atoms with E-state index in [-0.39, 0.29) is 17.4 Å². The molecule has 1 saturated carbocycles. The maximum atomic E-state index is 13.0. The first-order valence-electron chi connectivity index (χ1n) is 7.54. The molecule has 1 aliphatic heterocycles. The van der Waals surface area contributed by atoms with E-state index in [9.17, 15) is 9.59 Å². The Hall–Kier alpha value is -1.06. The largest absolute Gasteiger partial charge is 0.342 e. The van der Waals surface area contributed by atoms with Crippen molar-refractivity contribution in [3.63, 3.8) is 0 Å². The smallest absolute Gasteiger partial charge is 0.248 e. The lowest BCUT2D eigenvalue weighted by atomic mass is 9.79. The lowest BCUT2D eigenvalue weighted by Crippen LogP contribution is -2.61. The molecule has 1 spiro atoms. The molecule has 0 atom stereocenters. The summed E-state index contributed by atoms with van der Waals surface area (Å²) < 4.78 is 0. The van der Waals surface area contributed by atoms with Gasteiger partial charge < -0.3 is 10.2 Å². The Kier molecular flexibility index (Phi) is 3.88. The molecule has 2 amide bonds. The molecule has 0 unspecified atom stereocenters. The maximum Gasteiger partial charge on any atom is 0.248 e. The van der Waals surface area contributed by atoms with Crippen molar-refractivity contribution in [3.8, 4) is 0 Å². The van der Waals surface area contributed by atoms with Crippen molar-refractivity contribution < 1.29 is 9.59 Å². The Morgan fingerprint density at radius 1 is 1.21 bits per heavy atom. The zero-order valence-electron chi connectivity index (χ0n) is 12.4. The van der Waals surface area contributed by atoms with E-state index in [0.29, 0.717) is 13.0 Å². The van der Waals surface area contributed by atoms with Gasteiger partial charge in [-0.25, -0.2) is 0 Å². The van der Waals surface area contributed by atoms with E-state index in [2.05, 4.69) is 26.1 Å². The van der Waals surface area contributed by atoms with Crippen molar-refractivity contribution in [1.82, 2.24) is 10.2 Å². The molecule has 0 aromatic heterocycles. The summed E-state index contributed by atoms with van der Waals surface area (Å²) in [5, 5.41) is 3.04. The normalized spacial score (nSPS) is 24.3. The second kappa shape index (κ2) is 5.14. The summed E-state index contributed by atoms with van der Waals surface area (Å²) in [5.41, 5.74) is -0.786. The van der Waals surface area contributed by atoms with Crippen LogP contribution in [0.3, 0.4) is 0 Å². The second-order valence-electron chi connectivity index (χ2n) is 6.56. The zero-order valence-corrected chi connectivity index (χ0v) is 12.4. The van der Waals surface area contributed by atoms with Crippen molar-refractivity contribution >= 4 is 11.8 Å². The Bertz CT molecular complexity index is 370. The summed E-state index contributed by atoms with van der Waals surface area (Å²) >= 11 is 0. The monoisotopic (exact) mass is 266 g/mol. The van der Waals surface area contributed by atoms with Crippen LogP contribution in [0.4, 0.5) is 0 Å². The third-order valence-corrected chi connectivity index (χ3v) is 4.90. The number of carbonyl (C=O) groups excluding carboxylic acids is 2. The average molecular weight is 266 g/mol. The molecule has 1 aliphatic carbocycles. The van der Waals surface area contributed by atoms with Crippen LogP contribution >= 0.6 is 0 Å². The van der Waals surface area contributed by atoms with Gasteiger partial charge in [0, 0.05) is 18.5 Å². The number of nitrogens with zero attached hydrogens (tertiary/aromatic N) is 1. The van der Waals surface area contributed by atoms with Crippen molar-refractivity contribution in [2.75, 3.05) is 6.54 Å². The van der Waals surface area contributed by atoms with Crippen LogP contribution in [-0.2, 0) is 9.59 Å². The topological polar surface area (TPSA) is 49.4 Å². The minimum absolute atomic E-state index is 0.0321. The SMILES string of the molecule is CCC(C)(C)N1CCC(=O)NC2(CCCCC2)C1=O. The molecule has 4 nitrogen and oxygen atoms in total. The first-order chi connectivity index (χ1) is 8.91. The van der Waals surface area contributed by atoms with Crippen LogP contribution in [0.15, 0.2) is 0 Å². The Balaban J connectivity index is 2.32. The van der Waals surface area contributed by atoms with Gasteiger partial charge in [-0.15, -0.1) is 0 Å². The van der Waals surface area contributed by atoms with E-state index in [0.717, 1.165) is 32.1 Å². The number of carbonyl (C=O) groups is 2. The van der Waals surface area contributed by atoms with Crippen molar-refractivity contribution in [2.45, 2.75) is 76.8 Å². The van der Waals surface area contributed by atoms with Gasteiger partial charge in [0.2, 0.25) is 11.8 Å². The molecule has 19 heavy (non-hydrogen) atoms. The molecule has 1 N–H and O–H groups in total. The molecular formula is C15H26N2O2. The summed E-state index contributed by atoms with van der Waals surface area (Å²) in [6.45, 7) is 6.84. The molecule has 4 heteroatoms. The average Bonchev–Trinajstić information content (AvgIpc) is 2.50. The van der Waals surface area contributed by atoms with E-state index >= 15 is 0 Å². The van der Waals surface area contributed by atoms with Crippen LogP contribution in [0.2, 0.25) is 0 Å². The third kappa shape index (κ3) is 2.63. The van der Waals surface area contributed by atoms with Crippen LogP contribution in [0.5, 0.6) is 0 Å². The second-order valence-corrected chi connectivity index (χ2v) is 6.56. The molecule has 2 fully saturated rings. The Morgan fingerprint density at radius 2 is 1.84 bits per heavy atom. The molecule has 0 aromatic carbocycles. The van der Waals surface area contributed by atoms with Gasteiger partial charge in [0.05, 0.1) is 0 Å².